The predicted octanol–water partition coefficient (Wildman–Crippen LogP) is 3.41. The highest BCUT2D eigenvalue weighted by atomic mass is 17.2. The predicted molar refractivity (Wildman–Crippen MR) is 78.4 cm³/mol. The van der Waals surface area contributed by atoms with Crippen LogP contribution in [-0.4, -0.2) is 25.6 Å². The Balaban J connectivity index is 1.61. The van der Waals surface area contributed by atoms with Gasteiger partial charge in [0.15, 0.2) is 0 Å². The van der Waals surface area contributed by atoms with Crippen molar-refractivity contribution in [3.63, 3.8) is 0 Å². The second kappa shape index (κ2) is 6.18. The summed E-state index contributed by atoms with van der Waals surface area (Å²) in [6.07, 6.45) is 6.37. The number of hydrogen-bond acceptors (Lipinski definition) is 4. The van der Waals surface area contributed by atoms with Crippen LogP contribution in [0.5, 0.6) is 5.75 Å². The molecule has 2 aliphatic rings. The third-order valence-electron chi connectivity index (χ3n) is 4.03. The summed E-state index contributed by atoms with van der Waals surface area (Å²) in [4.78, 5) is 11.1. The second-order valence-electron chi connectivity index (χ2n) is 5.39. The maximum atomic E-state index is 5.93. The molecule has 2 fully saturated rings. The van der Waals surface area contributed by atoms with Crippen molar-refractivity contribution >= 4 is 5.57 Å². The molecule has 1 spiro atoms. The van der Waals surface area contributed by atoms with Crippen LogP contribution in [0.15, 0.2) is 30.8 Å². The lowest BCUT2D eigenvalue weighted by molar-refractivity contribution is -0.482. The van der Waals surface area contributed by atoms with E-state index < -0.39 is 5.79 Å². The van der Waals surface area contributed by atoms with Gasteiger partial charge in [-0.15, -0.1) is 0 Å². The van der Waals surface area contributed by atoms with Crippen molar-refractivity contribution in [3.05, 3.63) is 42.8 Å². The van der Waals surface area contributed by atoms with Gasteiger partial charge in [-0.25, -0.2) is 9.78 Å². The number of rotatable bonds is 3. The molecule has 1 unspecified atom stereocenters. The van der Waals surface area contributed by atoms with Crippen LogP contribution in [0.2, 0.25) is 0 Å². The summed E-state index contributed by atoms with van der Waals surface area (Å²) < 4.78 is 11.1. The van der Waals surface area contributed by atoms with Crippen LogP contribution in [0.3, 0.4) is 0 Å². The molecule has 4 heteroatoms. The Morgan fingerprint density at radius 2 is 2.00 bits per heavy atom. The van der Waals surface area contributed by atoms with Gasteiger partial charge in [0.2, 0.25) is 5.79 Å². The van der Waals surface area contributed by atoms with Gasteiger partial charge < -0.3 is 9.47 Å². The zero-order valence-electron chi connectivity index (χ0n) is 12.3. The van der Waals surface area contributed by atoms with Crippen molar-refractivity contribution in [1.29, 1.82) is 0 Å². The number of benzene rings is 1. The molecule has 0 bridgehead atoms. The molecule has 0 N–H and O–H groups in total. The largest absolute Gasteiger partial charge is 0.497 e. The van der Waals surface area contributed by atoms with Gasteiger partial charge in [-0.05, 0) is 42.5 Å². The van der Waals surface area contributed by atoms with E-state index in [1.807, 2.05) is 24.3 Å². The molecule has 1 heterocycles. The van der Waals surface area contributed by atoms with E-state index in [-0.39, 0.29) is 6.10 Å². The molecule has 1 aromatic carbocycles. The minimum Gasteiger partial charge on any atom is -0.497 e. The normalized spacial score (nSPS) is 24.7. The zero-order chi connectivity index (χ0) is 14.7. The van der Waals surface area contributed by atoms with Crippen LogP contribution in [0.25, 0.3) is 5.57 Å². The highest BCUT2D eigenvalue weighted by molar-refractivity contribution is 5.67. The molecule has 1 saturated heterocycles. The highest BCUT2D eigenvalue weighted by Gasteiger charge is 2.41. The fourth-order valence-electron chi connectivity index (χ4n) is 2.61. The Hall–Kier alpha value is -1.36. The minimum absolute atomic E-state index is 0.279. The van der Waals surface area contributed by atoms with Crippen LogP contribution in [0, 0.1) is 6.42 Å². The first-order valence-corrected chi connectivity index (χ1v) is 7.25. The van der Waals surface area contributed by atoms with Gasteiger partial charge in [-0.1, -0.05) is 18.7 Å². The minimum atomic E-state index is -0.581. The third-order valence-corrected chi connectivity index (χ3v) is 4.03. The second-order valence-corrected chi connectivity index (χ2v) is 5.39. The molecule has 0 aromatic heterocycles. The Kier molecular flexibility index (Phi) is 4.29. The van der Waals surface area contributed by atoms with Gasteiger partial charge >= 0.3 is 0 Å². The maximum absolute atomic E-state index is 5.93. The van der Waals surface area contributed by atoms with Crippen molar-refractivity contribution < 1.29 is 19.2 Å². The molecule has 1 saturated carbocycles. The van der Waals surface area contributed by atoms with E-state index >= 15 is 0 Å². The third kappa shape index (κ3) is 3.12. The van der Waals surface area contributed by atoms with Crippen LogP contribution in [0.1, 0.15) is 31.2 Å². The van der Waals surface area contributed by atoms with E-state index in [1.54, 1.807) is 7.11 Å². The van der Waals surface area contributed by atoms with Crippen LogP contribution < -0.4 is 4.74 Å². The first-order valence-electron chi connectivity index (χ1n) is 7.25. The number of methoxy groups -OCH3 is 1. The molecular formula is C17H20O4. The smallest absolute Gasteiger partial charge is 0.201 e. The quantitative estimate of drug-likeness (QED) is 0.799. The van der Waals surface area contributed by atoms with Gasteiger partial charge in [-0.2, -0.15) is 0 Å². The Morgan fingerprint density at radius 3 is 2.57 bits per heavy atom. The van der Waals surface area contributed by atoms with E-state index in [0.29, 0.717) is 6.61 Å². The average Bonchev–Trinajstić information content (AvgIpc) is 2.56. The first kappa shape index (κ1) is 14.6. The fourth-order valence-corrected chi connectivity index (χ4v) is 2.61. The van der Waals surface area contributed by atoms with E-state index in [9.17, 15) is 0 Å². The topological polar surface area (TPSA) is 36.9 Å². The van der Waals surface area contributed by atoms with Gasteiger partial charge in [0.25, 0.3) is 0 Å². The highest BCUT2D eigenvalue weighted by Crippen LogP contribution is 2.37. The molecule has 1 aliphatic heterocycles. The summed E-state index contributed by atoms with van der Waals surface area (Å²) in [5.74, 6) is 0.236. The summed E-state index contributed by atoms with van der Waals surface area (Å²) in [5, 5.41) is 0. The monoisotopic (exact) mass is 288 g/mol. The SMILES string of the molecule is C=C(c1ccc(OC)cc1)C1COC2(CC[C]CC2)OO1. The lowest BCUT2D eigenvalue weighted by Crippen LogP contribution is -2.46. The van der Waals surface area contributed by atoms with Crippen LogP contribution in [-0.2, 0) is 14.5 Å². The van der Waals surface area contributed by atoms with Crippen molar-refractivity contribution in [2.45, 2.75) is 37.6 Å². The fraction of sp³-hybridized carbons (Fsp3) is 0.471. The molecule has 2 radical (unpaired) electrons. The number of hydrogen-bond donors (Lipinski definition) is 0. The Bertz CT molecular complexity index is 478. The summed E-state index contributed by atoms with van der Waals surface area (Å²) in [7, 11) is 1.65. The summed E-state index contributed by atoms with van der Waals surface area (Å²) in [6, 6.07) is 7.72. The molecule has 1 aromatic rings. The van der Waals surface area contributed by atoms with E-state index in [2.05, 4.69) is 13.0 Å². The lowest BCUT2D eigenvalue weighted by atomic mass is 9.94. The molecule has 21 heavy (non-hydrogen) atoms. The van der Waals surface area contributed by atoms with E-state index in [1.165, 1.54) is 0 Å². The molecule has 0 amide bonds. The zero-order valence-corrected chi connectivity index (χ0v) is 12.3. The average molecular weight is 288 g/mol. The molecule has 4 nitrogen and oxygen atoms in total. The van der Waals surface area contributed by atoms with Gasteiger partial charge in [-0.3, -0.25) is 0 Å². The van der Waals surface area contributed by atoms with Gasteiger partial charge in [0, 0.05) is 12.8 Å². The van der Waals surface area contributed by atoms with Crippen LogP contribution >= 0.6 is 0 Å². The Morgan fingerprint density at radius 1 is 1.29 bits per heavy atom. The first-order chi connectivity index (χ1) is 10.2. The summed E-state index contributed by atoms with van der Waals surface area (Å²) in [6.45, 7) is 4.56. The van der Waals surface area contributed by atoms with Gasteiger partial charge in [0.1, 0.15) is 11.9 Å². The Labute approximate surface area is 125 Å². The van der Waals surface area contributed by atoms with Crippen molar-refractivity contribution in [2.75, 3.05) is 13.7 Å². The molecule has 112 valence electrons. The molecular weight excluding hydrogens is 268 g/mol. The van der Waals surface area contributed by atoms with Crippen LogP contribution in [0.4, 0.5) is 0 Å². The lowest BCUT2D eigenvalue weighted by Gasteiger charge is -2.41. The molecule has 1 atom stereocenters. The molecule has 3 rings (SSSR count). The standard InChI is InChI=1S/C17H20O4/c1-13(14-6-8-15(18-2)9-7-14)16-12-19-17(21-20-16)10-4-3-5-11-17/h6-9,16H,1,4-5,10-12H2,2H3. The molecule has 1 aliphatic carbocycles. The summed E-state index contributed by atoms with van der Waals surface area (Å²) in [5.41, 5.74) is 1.84. The van der Waals surface area contributed by atoms with Gasteiger partial charge in [0.05, 0.1) is 13.7 Å². The van der Waals surface area contributed by atoms with Crippen molar-refractivity contribution in [3.8, 4) is 5.75 Å². The number of ether oxygens (including phenoxy) is 2. The van der Waals surface area contributed by atoms with Crippen molar-refractivity contribution in [1.82, 2.24) is 0 Å². The van der Waals surface area contributed by atoms with Crippen molar-refractivity contribution in [2.24, 2.45) is 0 Å². The van der Waals surface area contributed by atoms with E-state index in [4.69, 9.17) is 19.2 Å². The maximum Gasteiger partial charge on any atom is 0.201 e. The summed E-state index contributed by atoms with van der Waals surface area (Å²) >= 11 is 0. The van der Waals surface area contributed by atoms with E-state index in [0.717, 1.165) is 42.6 Å².